The van der Waals surface area contributed by atoms with Gasteiger partial charge in [0.25, 0.3) is 0 Å². The number of benzene rings is 2. The minimum atomic E-state index is 0.336. The first kappa shape index (κ1) is 16.9. The molecule has 0 radical (unpaired) electrons. The minimum Gasteiger partial charge on any atom is -0.361 e. The molecule has 28 heavy (non-hydrogen) atoms. The predicted molar refractivity (Wildman–Crippen MR) is 114 cm³/mol. The second kappa shape index (κ2) is 6.42. The quantitative estimate of drug-likeness (QED) is 0.358. The maximum absolute atomic E-state index is 6.36. The molecule has 0 fully saturated rings. The second-order valence-corrected chi connectivity index (χ2v) is 7.55. The van der Waals surface area contributed by atoms with E-state index in [1.165, 1.54) is 0 Å². The van der Waals surface area contributed by atoms with Crippen molar-refractivity contribution in [2.24, 2.45) is 0 Å². The second-order valence-electron chi connectivity index (χ2n) is 7.14. The van der Waals surface area contributed by atoms with Gasteiger partial charge in [-0.2, -0.15) is 5.10 Å². The predicted octanol–water partition coefficient (Wildman–Crippen LogP) is 5.89. The third-order valence-corrected chi connectivity index (χ3v) is 5.14. The molecule has 3 heterocycles. The number of hydrogen-bond acceptors (Lipinski definition) is 3. The summed E-state index contributed by atoms with van der Waals surface area (Å²) in [6.07, 6.45) is 5.83. The van der Waals surface area contributed by atoms with Crippen molar-refractivity contribution in [2.45, 2.75) is 19.9 Å². The molecule has 3 aromatic heterocycles. The van der Waals surface area contributed by atoms with E-state index in [-0.39, 0.29) is 0 Å². The molecule has 0 atom stereocenters. The Hall–Kier alpha value is -3.25. The molecule has 0 unspecified atom stereocenters. The first-order valence-electron chi connectivity index (χ1n) is 9.15. The summed E-state index contributed by atoms with van der Waals surface area (Å²) in [5.74, 6) is 0.673. The molecule has 0 amide bonds. The lowest BCUT2D eigenvalue weighted by molar-refractivity contribution is 0.532. The van der Waals surface area contributed by atoms with Crippen LogP contribution in [0.3, 0.4) is 0 Å². The minimum absolute atomic E-state index is 0.336. The van der Waals surface area contributed by atoms with Crippen LogP contribution in [0, 0.1) is 0 Å². The van der Waals surface area contributed by atoms with E-state index in [9.17, 15) is 0 Å². The Morgan fingerprint density at radius 3 is 2.79 bits per heavy atom. The molecular formula is C21H19ClN6. The lowest BCUT2D eigenvalue weighted by atomic mass is 10.1. The third-order valence-electron chi connectivity index (χ3n) is 4.83. The van der Waals surface area contributed by atoms with E-state index in [4.69, 9.17) is 11.6 Å². The Labute approximate surface area is 166 Å². The lowest BCUT2D eigenvalue weighted by Gasteiger charge is -2.04. The normalized spacial score (nSPS) is 11.7. The maximum Gasteiger partial charge on any atom is 0.205 e. The maximum atomic E-state index is 6.36. The molecular weight excluding hydrogens is 372 g/mol. The molecule has 6 nitrogen and oxygen atoms in total. The van der Waals surface area contributed by atoms with Crippen molar-refractivity contribution in [3.63, 3.8) is 0 Å². The molecule has 0 aliphatic carbocycles. The van der Waals surface area contributed by atoms with Gasteiger partial charge in [-0.25, -0.2) is 4.98 Å². The smallest absolute Gasteiger partial charge is 0.205 e. The van der Waals surface area contributed by atoms with Gasteiger partial charge in [0, 0.05) is 40.6 Å². The van der Waals surface area contributed by atoms with E-state index in [0.29, 0.717) is 17.0 Å². The van der Waals surface area contributed by atoms with Crippen molar-refractivity contribution < 1.29 is 0 Å². The van der Waals surface area contributed by atoms with Gasteiger partial charge >= 0.3 is 0 Å². The van der Waals surface area contributed by atoms with Gasteiger partial charge in [0.05, 0.1) is 22.3 Å². The summed E-state index contributed by atoms with van der Waals surface area (Å²) in [5, 5.41) is 9.43. The van der Waals surface area contributed by atoms with Crippen LogP contribution in [0.1, 0.15) is 19.9 Å². The van der Waals surface area contributed by atoms with Gasteiger partial charge in [0.2, 0.25) is 5.95 Å². The number of hydrogen-bond donors (Lipinski definition) is 3. The van der Waals surface area contributed by atoms with Crippen LogP contribution in [0.4, 0.5) is 11.6 Å². The number of aromatic nitrogens is 5. The molecule has 3 N–H and O–H groups in total. The molecule has 2 aromatic carbocycles. The highest BCUT2D eigenvalue weighted by Crippen LogP contribution is 2.29. The summed E-state index contributed by atoms with van der Waals surface area (Å²) >= 11 is 6.36. The molecule has 0 aliphatic heterocycles. The van der Waals surface area contributed by atoms with Gasteiger partial charge in [-0.3, -0.25) is 4.68 Å². The van der Waals surface area contributed by atoms with Crippen LogP contribution in [-0.4, -0.2) is 24.7 Å². The van der Waals surface area contributed by atoms with Crippen molar-refractivity contribution in [1.82, 2.24) is 24.7 Å². The zero-order valence-corrected chi connectivity index (χ0v) is 16.2. The topological polar surface area (TPSA) is 74.3 Å². The molecule has 0 bridgehead atoms. The number of nitrogens with one attached hydrogen (secondary N) is 3. The third kappa shape index (κ3) is 2.92. The Morgan fingerprint density at radius 1 is 1.07 bits per heavy atom. The summed E-state index contributed by atoms with van der Waals surface area (Å²) in [6, 6.07) is 12.4. The van der Waals surface area contributed by atoms with Gasteiger partial charge in [0.15, 0.2) is 0 Å². The number of fused-ring (bicyclic) bond motifs is 2. The fourth-order valence-electron chi connectivity index (χ4n) is 3.34. The Kier molecular flexibility index (Phi) is 3.87. The summed E-state index contributed by atoms with van der Waals surface area (Å²) < 4.78 is 1.96. The molecule has 7 heteroatoms. The number of rotatable bonds is 4. The first-order valence-corrected chi connectivity index (χ1v) is 9.52. The molecule has 0 spiro atoms. The van der Waals surface area contributed by atoms with Gasteiger partial charge in [-0.1, -0.05) is 17.7 Å². The monoisotopic (exact) mass is 390 g/mol. The summed E-state index contributed by atoms with van der Waals surface area (Å²) in [5.41, 5.74) is 5.89. The van der Waals surface area contributed by atoms with Gasteiger partial charge in [-0.15, -0.1) is 0 Å². The zero-order chi connectivity index (χ0) is 19.3. The molecule has 0 aliphatic rings. The van der Waals surface area contributed by atoms with E-state index >= 15 is 0 Å². The standard InChI is InChI=1S/C21H19ClN6/c1-12(2)28-11-14(10-24-28)13-3-4-18-20(7-13)27-21(26-18)25-15-8-17(22)16-5-6-23-19(16)9-15/h3-12,23H,1-2H3,(H2,25,26,27). The van der Waals surface area contributed by atoms with E-state index in [1.54, 1.807) is 0 Å². The van der Waals surface area contributed by atoms with Crippen LogP contribution >= 0.6 is 11.6 Å². The van der Waals surface area contributed by atoms with Gasteiger partial charge in [-0.05, 0) is 49.7 Å². The number of anilines is 2. The van der Waals surface area contributed by atoms with Crippen molar-refractivity contribution in [3.05, 3.63) is 60.0 Å². The first-order chi connectivity index (χ1) is 13.6. The van der Waals surface area contributed by atoms with E-state index < -0.39 is 0 Å². The Morgan fingerprint density at radius 2 is 1.96 bits per heavy atom. The number of halogens is 1. The summed E-state index contributed by atoms with van der Waals surface area (Å²) in [4.78, 5) is 11.2. The van der Waals surface area contributed by atoms with Crippen LogP contribution in [-0.2, 0) is 0 Å². The average Bonchev–Trinajstić information content (AvgIpc) is 3.39. The fraction of sp³-hybridized carbons (Fsp3) is 0.143. The van der Waals surface area contributed by atoms with Crippen LogP contribution in [0.2, 0.25) is 5.02 Å². The highest BCUT2D eigenvalue weighted by molar-refractivity contribution is 6.35. The molecule has 0 saturated heterocycles. The van der Waals surface area contributed by atoms with Crippen LogP contribution in [0.15, 0.2) is 55.0 Å². The average molecular weight is 391 g/mol. The van der Waals surface area contributed by atoms with E-state index in [2.05, 4.69) is 57.5 Å². The Balaban J connectivity index is 1.47. The van der Waals surface area contributed by atoms with E-state index in [1.807, 2.05) is 41.3 Å². The Bertz CT molecular complexity index is 1290. The van der Waals surface area contributed by atoms with Crippen molar-refractivity contribution in [2.75, 3.05) is 5.32 Å². The largest absolute Gasteiger partial charge is 0.361 e. The SMILES string of the molecule is CC(C)n1cc(-c2ccc3[nH]c(Nc4cc(Cl)c5cc[nH]c5c4)nc3c2)cn1. The molecule has 0 saturated carbocycles. The van der Waals surface area contributed by atoms with Crippen molar-refractivity contribution in [1.29, 1.82) is 0 Å². The van der Waals surface area contributed by atoms with Gasteiger partial charge < -0.3 is 15.3 Å². The summed E-state index contributed by atoms with van der Waals surface area (Å²) in [6.45, 7) is 4.23. The number of aromatic amines is 2. The van der Waals surface area contributed by atoms with Crippen LogP contribution in [0.5, 0.6) is 0 Å². The molecule has 140 valence electrons. The molecule has 5 aromatic rings. The van der Waals surface area contributed by atoms with Crippen molar-refractivity contribution in [3.8, 4) is 11.1 Å². The molecule has 5 rings (SSSR count). The van der Waals surface area contributed by atoms with Gasteiger partial charge in [0.1, 0.15) is 0 Å². The number of H-pyrrole nitrogens is 2. The summed E-state index contributed by atoms with van der Waals surface area (Å²) in [7, 11) is 0. The van der Waals surface area contributed by atoms with Crippen LogP contribution in [0.25, 0.3) is 33.1 Å². The lowest BCUT2D eigenvalue weighted by Crippen LogP contribution is -1.99. The van der Waals surface area contributed by atoms with Crippen molar-refractivity contribution >= 4 is 45.2 Å². The number of nitrogens with zero attached hydrogens (tertiary/aromatic N) is 3. The van der Waals surface area contributed by atoms with Crippen LogP contribution < -0.4 is 5.32 Å². The highest BCUT2D eigenvalue weighted by atomic mass is 35.5. The number of imidazole rings is 1. The fourth-order valence-corrected chi connectivity index (χ4v) is 3.63. The highest BCUT2D eigenvalue weighted by Gasteiger charge is 2.09. The zero-order valence-electron chi connectivity index (χ0n) is 15.5. The van der Waals surface area contributed by atoms with E-state index in [0.717, 1.165) is 38.8 Å².